The van der Waals surface area contributed by atoms with E-state index in [0.29, 0.717) is 16.4 Å². The summed E-state index contributed by atoms with van der Waals surface area (Å²) in [5.41, 5.74) is -0.955. The largest absolute Gasteiger partial charge is 0.452 e. The van der Waals surface area contributed by atoms with Gasteiger partial charge in [-0.2, -0.15) is 13.2 Å². The van der Waals surface area contributed by atoms with Gasteiger partial charge < -0.3 is 5.32 Å². The van der Waals surface area contributed by atoms with E-state index in [0.717, 1.165) is 18.2 Å². The van der Waals surface area contributed by atoms with Gasteiger partial charge in [-0.05, 0) is 29.8 Å². The quantitative estimate of drug-likeness (QED) is 0.610. The Morgan fingerprint density at radius 3 is 2.50 bits per heavy atom. The molecule has 1 N–H and O–H groups in total. The van der Waals surface area contributed by atoms with Crippen LogP contribution in [0, 0.1) is 11.6 Å². The summed E-state index contributed by atoms with van der Waals surface area (Å²) in [4.78, 5) is 27.9. The molecule has 0 saturated heterocycles. The van der Waals surface area contributed by atoms with Crippen LogP contribution in [0.2, 0.25) is 5.02 Å². The van der Waals surface area contributed by atoms with Crippen LogP contribution >= 0.6 is 11.6 Å². The van der Waals surface area contributed by atoms with Crippen molar-refractivity contribution >= 4 is 17.5 Å². The molecule has 0 saturated carbocycles. The number of alkyl halides is 3. The van der Waals surface area contributed by atoms with Crippen LogP contribution in [0.3, 0.4) is 0 Å². The Balaban J connectivity index is 1.83. The molecule has 0 radical (unpaired) electrons. The molecule has 2 heterocycles. The molecule has 0 atom stereocenters. The van der Waals surface area contributed by atoms with E-state index in [1.165, 1.54) is 12.1 Å². The van der Waals surface area contributed by atoms with Crippen LogP contribution in [0.5, 0.6) is 0 Å². The number of rotatable bonds is 5. The third kappa shape index (κ3) is 4.64. The number of carbonyl (C=O) groups excluding carboxylic acids is 1. The fourth-order valence-corrected chi connectivity index (χ4v) is 2.56. The lowest BCUT2D eigenvalue weighted by Gasteiger charge is -2.06. The average molecular weight is 448 g/mol. The first-order valence-electron chi connectivity index (χ1n) is 8.16. The molecule has 1 aromatic carbocycles. The van der Waals surface area contributed by atoms with Crippen molar-refractivity contribution in [2.45, 2.75) is 19.3 Å². The van der Waals surface area contributed by atoms with E-state index in [2.05, 4.69) is 15.4 Å². The van der Waals surface area contributed by atoms with Gasteiger partial charge in [0.15, 0.2) is 0 Å². The minimum atomic E-state index is -5.04. The van der Waals surface area contributed by atoms with Gasteiger partial charge in [-0.15, -0.1) is 5.10 Å². The Morgan fingerprint density at radius 2 is 1.90 bits per heavy atom. The number of hydrogen-bond donors (Lipinski definition) is 1. The zero-order chi connectivity index (χ0) is 22.1. The molecule has 0 spiro atoms. The molecule has 0 fully saturated rings. The highest BCUT2D eigenvalue weighted by atomic mass is 35.5. The van der Waals surface area contributed by atoms with Crippen LogP contribution in [0.4, 0.5) is 22.0 Å². The fraction of sp³-hybridized carbons (Fsp3) is 0.176. The third-order valence-electron chi connectivity index (χ3n) is 3.80. The lowest BCUT2D eigenvalue weighted by Crippen LogP contribution is -2.33. The molecular formula is C17H11ClF5N5O2. The van der Waals surface area contributed by atoms with Crippen molar-refractivity contribution < 1.29 is 26.7 Å². The summed E-state index contributed by atoms with van der Waals surface area (Å²) in [6, 6.07) is 5.48. The first kappa shape index (κ1) is 21.4. The number of nitrogens with one attached hydrogen (secondary N) is 1. The first-order chi connectivity index (χ1) is 14.1. The highest BCUT2D eigenvalue weighted by Gasteiger charge is 2.40. The van der Waals surface area contributed by atoms with E-state index >= 15 is 0 Å². The zero-order valence-electron chi connectivity index (χ0n) is 14.8. The van der Waals surface area contributed by atoms with E-state index in [1.54, 1.807) is 0 Å². The first-order valence-corrected chi connectivity index (χ1v) is 8.53. The Kier molecular flexibility index (Phi) is 5.87. The van der Waals surface area contributed by atoms with Crippen LogP contribution in [-0.2, 0) is 24.1 Å². The van der Waals surface area contributed by atoms with Crippen LogP contribution in [-0.4, -0.2) is 25.2 Å². The van der Waals surface area contributed by atoms with Gasteiger partial charge in [0.25, 0.3) is 0 Å². The minimum absolute atomic E-state index is 0.115. The van der Waals surface area contributed by atoms with Crippen molar-refractivity contribution in [2.24, 2.45) is 0 Å². The number of aromatic nitrogens is 4. The monoisotopic (exact) mass is 447 g/mol. The molecule has 0 unspecified atom stereocenters. The molecule has 3 aromatic rings. The summed E-state index contributed by atoms with van der Waals surface area (Å²) in [5, 5.41) is 5.39. The number of benzene rings is 1. The molecular weight excluding hydrogens is 437 g/mol. The summed E-state index contributed by atoms with van der Waals surface area (Å²) in [7, 11) is 0. The van der Waals surface area contributed by atoms with Crippen molar-refractivity contribution in [1.82, 2.24) is 24.6 Å². The molecule has 158 valence electrons. The fourth-order valence-electron chi connectivity index (χ4n) is 2.44. The smallest absolute Gasteiger partial charge is 0.350 e. The maximum Gasteiger partial charge on any atom is 0.452 e. The number of carbonyl (C=O) groups is 1. The van der Waals surface area contributed by atoms with E-state index in [1.807, 2.05) is 0 Å². The van der Waals surface area contributed by atoms with Gasteiger partial charge in [-0.1, -0.05) is 17.7 Å². The molecule has 3 rings (SSSR count). The summed E-state index contributed by atoms with van der Waals surface area (Å²) in [6.07, 6.45) is -4.41. The van der Waals surface area contributed by atoms with E-state index in [9.17, 15) is 31.5 Å². The second-order valence-electron chi connectivity index (χ2n) is 5.96. The van der Waals surface area contributed by atoms with Gasteiger partial charge in [0.1, 0.15) is 24.0 Å². The summed E-state index contributed by atoms with van der Waals surface area (Å²) < 4.78 is 66.7. The van der Waals surface area contributed by atoms with Gasteiger partial charge in [-0.3, -0.25) is 4.79 Å². The molecule has 13 heteroatoms. The molecule has 0 aliphatic carbocycles. The number of hydrogen-bond acceptors (Lipinski definition) is 4. The second-order valence-corrected chi connectivity index (χ2v) is 6.36. The Hall–Kier alpha value is -3.28. The highest BCUT2D eigenvalue weighted by Crippen LogP contribution is 2.28. The lowest BCUT2D eigenvalue weighted by molar-refractivity contribution is -0.146. The van der Waals surface area contributed by atoms with E-state index in [4.69, 9.17) is 11.6 Å². The van der Waals surface area contributed by atoms with Crippen molar-refractivity contribution in [3.63, 3.8) is 0 Å². The molecule has 0 bridgehead atoms. The van der Waals surface area contributed by atoms with Crippen molar-refractivity contribution in [3.8, 4) is 5.82 Å². The number of pyridine rings is 1. The van der Waals surface area contributed by atoms with E-state index < -0.39 is 47.6 Å². The van der Waals surface area contributed by atoms with Crippen molar-refractivity contribution in [1.29, 1.82) is 0 Å². The minimum Gasteiger partial charge on any atom is -0.350 e. The van der Waals surface area contributed by atoms with Gasteiger partial charge in [0.2, 0.25) is 11.7 Å². The standard InChI is InChI=1S/C17H11ClF5N5O2/c18-11-3-1-9(5-12(11)20)6-25-14(29)8-27-16(30)28(15(26-27)17(21,22)23)13-4-2-10(19)7-24-13/h1-5,7H,6,8H2,(H,25,29). The Labute approximate surface area is 169 Å². The zero-order valence-corrected chi connectivity index (χ0v) is 15.5. The van der Waals surface area contributed by atoms with Crippen molar-refractivity contribution in [2.75, 3.05) is 0 Å². The average Bonchev–Trinajstić information content (AvgIpc) is 3.00. The van der Waals surface area contributed by atoms with E-state index in [-0.39, 0.29) is 16.1 Å². The summed E-state index contributed by atoms with van der Waals surface area (Å²) in [6.45, 7) is -1.000. The van der Waals surface area contributed by atoms with Crippen LogP contribution in [0.15, 0.2) is 41.3 Å². The molecule has 1 amide bonds. The van der Waals surface area contributed by atoms with Crippen molar-refractivity contribution in [3.05, 3.63) is 75.1 Å². The third-order valence-corrected chi connectivity index (χ3v) is 4.11. The SMILES string of the molecule is O=C(Cn1nc(C(F)(F)F)n(-c2ccc(F)cn2)c1=O)NCc1ccc(Cl)c(F)c1. The molecule has 2 aromatic heterocycles. The molecule has 0 aliphatic heterocycles. The maximum absolute atomic E-state index is 13.4. The second kappa shape index (κ2) is 8.22. The summed E-state index contributed by atoms with van der Waals surface area (Å²) >= 11 is 5.55. The molecule has 30 heavy (non-hydrogen) atoms. The lowest BCUT2D eigenvalue weighted by atomic mass is 10.2. The molecule has 0 aliphatic rings. The van der Waals surface area contributed by atoms with Crippen LogP contribution in [0.25, 0.3) is 5.82 Å². The maximum atomic E-state index is 13.4. The Morgan fingerprint density at radius 1 is 1.17 bits per heavy atom. The molecule has 7 nitrogen and oxygen atoms in total. The predicted octanol–water partition coefficient (Wildman–Crippen LogP) is 2.70. The number of halogens is 6. The van der Waals surface area contributed by atoms with Gasteiger partial charge in [0.05, 0.1) is 11.2 Å². The highest BCUT2D eigenvalue weighted by molar-refractivity contribution is 6.30. The predicted molar refractivity (Wildman–Crippen MR) is 93.8 cm³/mol. The number of amides is 1. The van der Waals surface area contributed by atoms with Gasteiger partial charge >= 0.3 is 11.9 Å². The van der Waals surface area contributed by atoms with Gasteiger partial charge in [0, 0.05) is 6.54 Å². The Bertz CT molecular complexity index is 1140. The topological polar surface area (TPSA) is 81.8 Å². The normalized spacial score (nSPS) is 11.5. The van der Waals surface area contributed by atoms with Gasteiger partial charge in [-0.25, -0.2) is 27.8 Å². The van der Waals surface area contributed by atoms with Crippen LogP contribution in [0.1, 0.15) is 11.4 Å². The number of nitrogens with zero attached hydrogens (tertiary/aromatic N) is 4. The summed E-state index contributed by atoms with van der Waals surface area (Å²) in [5.74, 6) is -4.51. The van der Waals surface area contributed by atoms with Crippen LogP contribution < -0.4 is 11.0 Å².